The zero-order valence-corrected chi connectivity index (χ0v) is 13.5. The van der Waals surface area contributed by atoms with Crippen molar-refractivity contribution in [2.45, 2.75) is 52.0 Å². The van der Waals surface area contributed by atoms with Crippen LogP contribution in [0.2, 0.25) is 0 Å². The third-order valence-electron chi connectivity index (χ3n) is 4.66. The van der Waals surface area contributed by atoms with Crippen molar-refractivity contribution in [1.82, 2.24) is 5.32 Å². The Kier molecular flexibility index (Phi) is 5.66. The first kappa shape index (κ1) is 15.9. The Morgan fingerprint density at radius 2 is 2.05 bits per heavy atom. The molecule has 116 valence electrons. The van der Waals surface area contributed by atoms with Crippen LogP contribution in [-0.2, 0) is 11.2 Å². The Hall–Kier alpha value is -1.51. The zero-order chi connectivity index (χ0) is 15.2. The van der Waals surface area contributed by atoms with Gasteiger partial charge in [0, 0.05) is 18.8 Å². The van der Waals surface area contributed by atoms with E-state index in [0.29, 0.717) is 12.5 Å². The van der Waals surface area contributed by atoms with Crippen LogP contribution in [0.5, 0.6) is 0 Å². The topological polar surface area (TPSA) is 41.1 Å². The summed E-state index contributed by atoms with van der Waals surface area (Å²) in [6.45, 7) is 4.65. The summed E-state index contributed by atoms with van der Waals surface area (Å²) in [6, 6.07) is 8.72. The molecule has 0 aliphatic heterocycles. The summed E-state index contributed by atoms with van der Waals surface area (Å²) in [6.07, 6.45) is 5.58. The van der Waals surface area contributed by atoms with Crippen LogP contribution in [0.25, 0.3) is 0 Å². The smallest absolute Gasteiger partial charge is 0.224 e. The van der Waals surface area contributed by atoms with Crippen molar-refractivity contribution in [2.24, 2.45) is 11.8 Å². The number of benzene rings is 1. The van der Waals surface area contributed by atoms with Crippen LogP contribution in [0.15, 0.2) is 24.3 Å². The number of anilines is 1. The zero-order valence-electron chi connectivity index (χ0n) is 13.5. The van der Waals surface area contributed by atoms with Crippen molar-refractivity contribution in [3.8, 4) is 0 Å². The molecule has 0 aromatic heterocycles. The molecule has 1 aliphatic rings. The Morgan fingerprint density at radius 1 is 1.29 bits per heavy atom. The predicted molar refractivity (Wildman–Crippen MR) is 88.4 cm³/mol. The lowest BCUT2D eigenvalue weighted by Gasteiger charge is -2.33. The molecular formula is C18H28N2O. The second-order valence-electron chi connectivity index (χ2n) is 6.52. The molecular weight excluding hydrogens is 260 g/mol. The summed E-state index contributed by atoms with van der Waals surface area (Å²) < 4.78 is 0. The minimum absolute atomic E-state index is 0.0629. The normalized spacial score (nSPS) is 22.1. The third kappa shape index (κ3) is 4.48. The van der Waals surface area contributed by atoms with Gasteiger partial charge in [0.25, 0.3) is 0 Å². The lowest BCUT2D eigenvalue weighted by molar-refractivity contribution is -0.119. The maximum absolute atomic E-state index is 11.6. The van der Waals surface area contributed by atoms with E-state index in [1.807, 2.05) is 18.2 Å². The summed E-state index contributed by atoms with van der Waals surface area (Å²) in [4.78, 5) is 11.6. The molecule has 2 unspecified atom stereocenters. The number of likely N-dealkylation sites (N-methyl/N-ethyl adjacent to an activating group) is 1. The summed E-state index contributed by atoms with van der Waals surface area (Å²) in [5.74, 6) is 1.64. The van der Waals surface area contributed by atoms with E-state index in [4.69, 9.17) is 0 Å². The van der Waals surface area contributed by atoms with Gasteiger partial charge in [0.2, 0.25) is 5.91 Å². The molecule has 21 heavy (non-hydrogen) atoms. The average molecular weight is 288 g/mol. The molecule has 1 aromatic carbocycles. The molecule has 1 fully saturated rings. The second kappa shape index (κ2) is 7.48. The Balaban J connectivity index is 2.03. The maximum atomic E-state index is 11.6. The highest BCUT2D eigenvalue weighted by Gasteiger charge is 2.24. The summed E-state index contributed by atoms with van der Waals surface area (Å²) in [5, 5.41) is 6.38. The number of rotatable bonds is 5. The molecule has 1 aromatic rings. The third-order valence-corrected chi connectivity index (χ3v) is 4.66. The highest BCUT2D eigenvalue weighted by Crippen LogP contribution is 2.32. The molecule has 1 aliphatic carbocycles. The molecule has 2 rings (SSSR count). The van der Waals surface area contributed by atoms with Gasteiger partial charge in [-0.15, -0.1) is 0 Å². The SMILES string of the molecule is CNC(=O)Cc1ccccc1NC1CCCC(C(C)C)C1. The molecule has 2 atom stereocenters. The number of hydrogen-bond acceptors (Lipinski definition) is 2. The number of carbonyl (C=O) groups is 1. The Labute approximate surface area is 128 Å². The summed E-state index contributed by atoms with van der Waals surface area (Å²) in [7, 11) is 1.69. The van der Waals surface area contributed by atoms with Crippen LogP contribution < -0.4 is 10.6 Å². The van der Waals surface area contributed by atoms with Gasteiger partial charge < -0.3 is 10.6 Å². The van der Waals surface area contributed by atoms with Gasteiger partial charge in [-0.2, -0.15) is 0 Å². The minimum Gasteiger partial charge on any atom is -0.382 e. The van der Waals surface area contributed by atoms with E-state index in [-0.39, 0.29) is 5.91 Å². The van der Waals surface area contributed by atoms with Gasteiger partial charge in [-0.1, -0.05) is 44.9 Å². The molecule has 3 nitrogen and oxygen atoms in total. The lowest BCUT2D eigenvalue weighted by Crippen LogP contribution is -2.30. The van der Waals surface area contributed by atoms with E-state index in [1.54, 1.807) is 7.05 Å². The molecule has 0 heterocycles. The average Bonchev–Trinajstić information content (AvgIpc) is 2.49. The summed E-state index contributed by atoms with van der Waals surface area (Å²) >= 11 is 0. The number of para-hydroxylation sites is 1. The van der Waals surface area contributed by atoms with Crippen LogP contribution in [0.1, 0.15) is 45.1 Å². The van der Waals surface area contributed by atoms with E-state index in [9.17, 15) is 4.79 Å². The van der Waals surface area contributed by atoms with Crippen molar-refractivity contribution in [1.29, 1.82) is 0 Å². The predicted octanol–water partition coefficient (Wildman–Crippen LogP) is 3.60. The lowest BCUT2D eigenvalue weighted by atomic mass is 9.79. The van der Waals surface area contributed by atoms with Crippen molar-refractivity contribution in [2.75, 3.05) is 12.4 Å². The summed E-state index contributed by atoms with van der Waals surface area (Å²) in [5.41, 5.74) is 2.21. The first-order chi connectivity index (χ1) is 10.1. The molecule has 0 radical (unpaired) electrons. The van der Waals surface area contributed by atoms with Gasteiger partial charge in [-0.05, 0) is 36.3 Å². The van der Waals surface area contributed by atoms with Crippen molar-refractivity contribution in [3.63, 3.8) is 0 Å². The largest absolute Gasteiger partial charge is 0.382 e. The monoisotopic (exact) mass is 288 g/mol. The highest BCUT2D eigenvalue weighted by molar-refractivity contribution is 5.80. The number of nitrogens with one attached hydrogen (secondary N) is 2. The minimum atomic E-state index is 0.0629. The molecule has 3 heteroatoms. The molecule has 0 bridgehead atoms. The molecule has 0 saturated heterocycles. The van der Waals surface area contributed by atoms with Crippen LogP contribution >= 0.6 is 0 Å². The number of hydrogen-bond donors (Lipinski definition) is 2. The second-order valence-corrected chi connectivity index (χ2v) is 6.52. The van der Waals surface area contributed by atoms with E-state index >= 15 is 0 Å². The Bertz CT molecular complexity index is 470. The molecule has 1 saturated carbocycles. The fourth-order valence-electron chi connectivity index (χ4n) is 3.26. The van der Waals surface area contributed by atoms with Crippen molar-refractivity contribution < 1.29 is 4.79 Å². The van der Waals surface area contributed by atoms with Gasteiger partial charge in [0.1, 0.15) is 0 Å². The molecule has 1 amide bonds. The molecule has 2 N–H and O–H groups in total. The standard InChI is InChI=1S/C18H28N2O/c1-13(2)14-8-6-9-16(11-14)20-17-10-5-4-7-15(17)12-18(21)19-3/h4-5,7,10,13-14,16,20H,6,8-9,11-12H2,1-3H3,(H,19,21). The van der Waals surface area contributed by atoms with Crippen LogP contribution in [0.4, 0.5) is 5.69 Å². The first-order valence-electron chi connectivity index (χ1n) is 8.15. The van der Waals surface area contributed by atoms with Gasteiger partial charge in [0.15, 0.2) is 0 Å². The van der Waals surface area contributed by atoms with E-state index in [1.165, 1.54) is 25.7 Å². The highest BCUT2D eigenvalue weighted by atomic mass is 16.1. The fraction of sp³-hybridized carbons (Fsp3) is 0.611. The van der Waals surface area contributed by atoms with Gasteiger partial charge in [-0.3, -0.25) is 4.79 Å². The number of carbonyl (C=O) groups excluding carboxylic acids is 1. The van der Waals surface area contributed by atoms with Crippen molar-refractivity contribution >= 4 is 11.6 Å². The fourth-order valence-corrected chi connectivity index (χ4v) is 3.26. The first-order valence-corrected chi connectivity index (χ1v) is 8.15. The van der Waals surface area contributed by atoms with Gasteiger partial charge in [-0.25, -0.2) is 0 Å². The Morgan fingerprint density at radius 3 is 2.76 bits per heavy atom. The van der Waals surface area contributed by atoms with Gasteiger partial charge >= 0.3 is 0 Å². The van der Waals surface area contributed by atoms with Crippen LogP contribution in [0, 0.1) is 11.8 Å². The number of amides is 1. The van der Waals surface area contributed by atoms with Crippen molar-refractivity contribution in [3.05, 3.63) is 29.8 Å². The van der Waals surface area contributed by atoms with Crippen LogP contribution in [0.3, 0.4) is 0 Å². The van der Waals surface area contributed by atoms with Crippen LogP contribution in [-0.4, -0.2) is 19.0 Å². The quantitative estimate of drug-likeness (QED) is 0.869. The molecule has 0 spiro atoms. The van der Waals surface area contributed by atoms with E-state index in [2.05, 4.69) is 30.5 Å². The maximum Gasteiger partial charge on any atom is 0.224 e. The van der Waals surface area contributed by atoms with Gasteiger partial charge in [0.05, 0.1) is 6.42 Å². The van der Waals surface area contributed by atoms with E-state index in [0.717, 1.165) is 23.1 Å². The van der Waals surface area contributed by atoms with E-state index < -0.39 is 0 Å².